The van der Waals surface area contributed by atoms with Crippen molar-refractivity contribution in [2.75, 3.05) is 6.79 Å². The zero-order chi connectivity index (χ0) is 19.7. The van der Waals surface area contributed by atoms with Crippen molar-refractivity contribution in [3.63, 3.8) is 0 Å². The molecule has 0 atom stereocenters. The Morgan fingerprint density at radius 1 is 1.29 bits per heavy atom. The number of nitrogens with zero attached hydrogens (tertiary/aromatic N) is 3. The Kier molecular flexibility index (Phi) is 4.39. The molecule has 0 saturated heterocycles. The number of amides is 1. The van der Waals surface area contributed by atoms with Gasteiger partial charge in [0.15, 0.2) is 17.3 Å². The number of benzene rings is 1. The van der Waals surface area contributed by atoms with Crippen LogP contribution in [0.4, 0.5) is 0 Å². The predicted molar refractivity (Wildman–Crippen MR) is 93.2 cm³/mol. The van der Waals surface area contributed by atoms with Crippen LogP contribution in [-0.4, -0.2) is 32.4 Å². The van der Waals surface area contributed by atoms with Crippen LogP contribution in [0.5, 0.6) is 11.5 Å². The van der Waals surface area contributed by atoms with Gasteiger partial charge in [-0.05, 0) is 24.6 Å². The zero-order valence-corrected chi connectivity index (χ0v) is 14.7. The summed E-state index contributed by atoms with van der Waals surface area (Å²) in [5.74, 6) is 1.09. The lowest BCUT2D eigenvalue weighted by atomic mass is 10.2. The fourth-order valence-electron chi connectivity index (χ4n) is 2.70. The Bertz CT molecular complexity index is 1160. The quantitative estimate of drug-likeness (QED) is 0.622. The number of fused-ring (bicyclic) bond motifs is 1. The number of hydrogen-bond donors (Lipinski definition) is 2. The summed E-state index contributed by atoms with van der Waals surface area (Å²) in [7, 11) is 0. The minimum absolute atomic E-state index is 0.0330. The number of rotatable bonds is 5. The highest BCUT2D eigenvalue weighted by Gasteiger charge is 2.17. The molecule has 3 heterocycles. The highest BCUT2D eigenvalue weighted by Crippen LogP contribution is 2.32. The lowest BCUT2D eigenvalue weighted by Gasteiger charge is -2.08. The van der Waals surface area contributed by atoms with E-state index >= 15 is 0 Å². The molecule has 3 aromatic rings. The van der Waals surface area contributed by atoms with Gasteiger partial charge in [0.1, 0.15) is 5.56 Å². The predicted octanol–water partition coefficient (Wildman–Crippen LogP) is -0.0650. The Hall–Kier alpha value is -3.89. The molecule has 4 rings (SSSR count). The molecule has 0 spiro atoms. The molecule has 28 heavy (non-hydrogen) atoms. The molecule has 0 radical (unpaired) electrons. The van der Waals surface area contributed by atoms with Crippen molar-refractivity contribution in [2.45, 2.75) is 20.0 Å². The van der Waals surface area contributed by atoms with Crippen molar-refractivity contribution in [3.05, 3.63) is 68.1 Å². The van der Waals surface area contributed by atoms with Gasteiger partial charge >= 0.3 is 5.69 Å². The van der Waals surface area contributed by atoms with Crippen LogP contribution in [-0.2, 0) is 13.1 Å². The van der Waals surface area contributed by atoms with Gasteiger partial charge in [0.25, 0.3) is 11.5 Å². The van der Waals surface area contributed by atoms with E-state index in [0.29, 0.717) is 22.9 Å². The standard InChI is InChI=1S/C17H15N5O6/c1-9-20-14(28-21-9)6-18-15(23)11-5-19-17(25)22(16(11)24)7-10-2-3-12-13(4-10)27-8-26-12/h2-5H,6-8H2,1H3,(H,18,23)(H,19,25). The number of H-pyrrole nitrogens is 1. The SMILES string of the molecule is Cc1noc(CNC(=O)c2c[nH]c(=O)n(Cc3ccc4c(c3)OCO4)c2=O)n1. The lowest BCUT2D eigenvalue weighted by Crippen LogP contribution is -2.40. The summed E-state index contributed by atoms with van der Waals surface area (Å²) < 4.78 is 16.4. The van der Waals surface area contributed by atoms with E-state index in [0.717, 1.165) is 10.8 Å². The minimum atomic E-state index is -0.722. The number of hydrogen-bond acceptors (Lipinski definition) is 8. The van der Waals surface area contributed by atoms with Crippen LogP contribution in [0.15, 0.2) is 38.5 Å². The van der Waals surface area contributed by atoms with E-state index in [4.69, 9.17) is 14.0 Å². The Balaban J connectivity index is 1.56. The maximum atomic E-state index is 12.7. The molecule has 1 aliphatic heterocycles. The fourth-order valence-corrected chi connectivity index (χ4v) is 2.70. The molecule has 2 N–H and O–H groups in total. The van der Waals surface area contributed by atoms with Crippen molar-refractivity contribution < 1.29 is 18.8 Å². The Morgan fingerprint density at radius 3 is 2.89 bits per heavy atom. The summed E-state index contributed by atoms with van der Waals surface area (Å²) >= 11 is 0. The van der Waals surface area contributed by atoms with Crippen molar-refractivity contribution in [1.82, 2.24) is 25.0 Å². The number of nitrogens with one attached hydrogen (secondary N) is 2. The van der Waals surface area contributed by atoms with Gasteiger partial charge in [-0.3, -0.25) is 14.2 Å². The van der Waals surface area contributed by atoms with E-state index in [1.807, 2.05) is 0 Å². The van der Waals surface area contributed by atoms with E-state index in [1.165, 1.54) is 0 Å². The molecule has 2 aromatic heterocycles. The third kappa shape index (κ3) is 3.37. The molecule has 0 saturated carbocycles. The van der Waals surface area contributed by atoms with Crippen LogP contribution in [0.25, 0.3) is 0 Å². The molecular weight excluding hydrogens is 370 g/mol. The summed E-state index contributed by atoms with van der Waals surface area (Å²) in [6, 6.07) is 5.09. The van der Waals surface area contributed by atoms with E-state index in [-0.39, 0.29) is 31.3 Å². The van der Waals surface area contributed by atoms with Gasteiger partial charge in [0.05, 0.1) is 13.1 Å². The number of ether oxygens (including phenoxy) is 2. The fraction of sp³-hybridized carbons (Fsp3) is 0.235. The normalized spacial score (nSPS) is 12.2. The van der Waals surface area contributed by atoms with Crippen LogP contribution >= 0.6 is 0 Å². The van der Waals surface area contributed by atoms with E-state index in [9.17, 15) is 14.4 Å². The zero-order valence-electron chi connectivity index (χ0n) is 14.7. The third-order valence-electron chi connectivity index (χ3n) is 4.05. The van der Waals surface area contributed by atoms with Gasteiger partial charge in [-0.15, -0.1) is 0 Å². The molecule has 11 nitrogen and oxygen atoms in total. The van der Waals surface area contributed by atoms with Crippen LogP contribution in [0, 0.1) is 6.92 Å². The van der Waals surface area contributed by atoms with Crippen LogP contribution in [0.2, 0.25) is 0 Å². The largest absolute Gasteiger partial charge is 0.454 e. The molecular formula is C17H15N5O6. The van der Waals surface area contributed by atoms with Crippen LogP contribution < -0.4 is 26.0 Å². The van der Waals surface area contributed by atoms with Crippen LogP contribution in [0.3, 0.4) is 0 Å². The summed E-state index contributed by atoms with van der Waals surface area (Å²) in [4.78, 5) is 43.5. The first kappa shape index (κ1) is 17.5. The first-order valence-corrected chi connectivity index (χ1v) is 8.29. The first-order chi connectivity index (χ1) is 13.5. The van der Waals surface area contributed by atoms with E-state index in [1.54, 1.807) is 25.1 Å². The molecule has 1 amide bonds. The second-order valence-electron chi connectivity index (χ2n) is 6.00. The van der Waals surface area contributed by atoms with Gasteiger partial charge < -0.3 is 24.3 Å². The van der Waals surface area contributed by atoms with Crippen molar-refractivity contribution in [3.8, 4) is 11.5 Å². The highest BCUT2D eigenvalue weighted by molar-refractivity contribution is 5.93. The summed E-state index contributed by atoms with van der Waals surface area (Å²) in [6.07, 6.45) is 1.08. The van der Waals surface area contributed by atoms with Crippen LogP contribution in [0.1, 0.15) is 27.6 Å². The highest BCUT2D eigenvalue weighted by atomic mass is 16.7. The van der Waals surface area contributed by atoms with Gasteiger partial charge in [-0.25, -0.2) is 4.79 Å². The second kappa shape index (κ2) is 7.02. The van der Waals surface area contributed by atoms with Gasteiger partial charge in [-0.1, -0.05) is 11.2 Å². The smallest absolute Gasteiger partial charge is 0.328 e. The molecule has 0 fully saturated rings. The van der Waals surface area contributed by atoms with Gasteiger partial charge in [0, 0.05) is 6.20 Å². The molecule has 1 aliphatic rings. The van der Waals surface area contributed by atoms with E-state index in [2.05, 4.69) is 20.4 Å². The molecule has 0 aliphatic carbocycles. The summed E-state index contributed by atoms with van der Waals surface area (Å²) in [6.45, 7) is 1.69. The molecule has 0 unspecified atom stereocenters. The Labute approximate surface area is 156 Å². The number of aromatic amines is 1. The Morgan fingerprint density at radius 2 is 2.11 bits per heavy atom. The van der Waals surface area contributed by atoms with Crippen molar-refractivity contribution in [1.29, 1.82) is 0 Å². The maximum Gasteiger partial charge on any atom is 0.328 e. The number of aryl methyl sites for hydroxylation is 1. The number of carbonyl (C=O) groups excluding carboxylic acids is 1. The minimum Gasteiger partial charge on any atom is -0.454 e. The number of aromatic nitrogens is 4. The van der Waals surface area contributed by atoms with E-state index < -0.39 is 17.2 Å². The van der Waals surface area contributed by atoms with Gasteiger partial charge in [0.2, 0.25) is 12.7 Å². The molecule has 0 bridgehead atoms. The van der Waals surface area contributed by atoms with Gasteiger partial charge in [-0.2, -0.15) is 4.98 Å². The lowest BCUT2D eigenvalue weighted by molar-refractivity contribution is 0.0943. The molecule has 1 aromatic carbocycles. The van der Waals surface area contributed by atoms with Crippen molar-refractivity contribution in [2.24, 2.45) is 0 Å². The maximum absolute atomic E-state index is 12.7. The van der Waals surface area contributed by atoms with Crippen molar-refractivity contribution >= 4 is 5.91 Å². The average molecular weight is 385 g/mol. The third-order valence-corrected chi connectivity index (χ3v) is 4.05. The molecule has 11 heteroatoms. The molecule has 144 valence electrons. The monoisotopic (exact) mass is 385 g/mol. The first-order valence-electron chi connectivity index (χ1n) is 8.29. The summed E-state index contributed by atoms with van der Waals surface area (Å²) in [5.41, 5.74) is -0.917. The second-order valence-corrected chi connectivity index (χ2v) is 6.00. The summed E-state index contributed by atoms with van der Waals surface area (Å²) in [5, 5.41) is 6.12. The average Bonchev–Trinajstić information content (AvgIpc) is 3.31. The number of carbonyl (C=O) groups is 1. The topological polar surface area (TPSA) is 141 Å².